The fraction of sp³-hybridized carbons (Fsp3) is 0.333. The molecule has 1 saturated heterocycles. The lowest BCUT2D eigenvalue weighted by Gasteiger charge is -2.42. The monoisotopic (exact) mass is 347 g/mol. The SMILES string of the molecule is O=C(NC1(c2c(F)cccc2F)COC1)c1coc2c1C(=O)CCC2. The molecule has 0 spiro atoms. The Bertz CT molecular complexity index is 850. The summed E-state index contributed by atoms with van der Waals surface area (Å²) >= 11 is 0. The molecule has 1 aliphatic heterocycles. The highest BCUT2D eigenvalue weighted by molar-refractivity contribution is 6.09. The average molecular weight is 347 g/mol. The quantitative estimate of drug-likeness (QED) is 0.927. The molecule has 0 atom stereocenters. The first-order chi connectivity index (χ1) is 12.0. The van der Waals surface area contributed by atoms with Crippen LogP contribution in [0.4, 0.5) is 8.78 Å². The number of aryl methyl sites for hydroxylation is 1. The molecule has 4 rings (SSSR count). The van der Waals surface area contributed by atoms with Gasteiger partial charge in [-0.2, -0.15) is 0 Å². The van der Waals surface area contributed by atoms with Gasteiger partial charge in [-0.15, -0.1) is 0 Å². The van der Waals surface area contributed by atoms with Crippen LogP contribution in [0.5, 0.6) is 0 Å². The summed E-state index contributed by atoms with van der Waals surface area (Å²) in [5.74, 6) is -1.79. The molecule has 1 aliphatic carbocycles. The van der Waals surface area contributed by atoms with Gasteiger partial charge in [0, 0.05) is 12.8 Å². The van der Waals surface area contributed by atoms with Crippen molar-refractivity contribution >= 4 is 11.7 Å². The number of ketones is 1. The van der Waals surface area contributed by atoms with E-state index in [2.05, 4.69) is 5.32 Å². The summed E-state index contributed by atoms with van der Waals surface area (Å²) < 4.78 is 38.8. The fourth-order valence-corrected chi connectivity index (χ4v) is 3.41. The minimum absolute atomic E-state index is 0.0510. The summed E-state index contributed by atoms with van der Waals surface area (Å²) in [4.78, 5) is 24.8. The van der Waals surface area contributed by atoms with Gasteiger partial charge in [-0.1, -0.05) is 6.07 Å². The summed E-state index contributed by atoms with van der Waals surface area (Å²) in [6.07, 6.45) is 2.85. The van der Waals surface area contributed by atoms with Crippen molar-refractivity contribution in [3.8, 4) is 0 Å². The summed E-state index contributed by atoms with van der Waals surface area (Å²) in [5, 5.41) is 2.64. The molecular formula is C18H15F2NO4. The Kier molecular flexibility index (Phi) is 3.68. The van der Waals surface area contributed by atoms with E-state index in [0.717, 1.165) is 12.1 Å². The van der Waals surface area contributed by atoms with Gasteiger partial charge >= 0.3 is 0 Å². The van der Waals surface area contributed by atoms with E-state index in [9.17, 15) is 18.4 Å². The minimum Gasteiger partial charge on any atom is -0.468 e. The topological polar surface area (TPSA) is 68.5 Å². The number of Topliss-reactive ketones (excluding diaryl/α,β-unsaturated/α-hetero) is 1. The van der Waals surface area contributed by atoms with Crippen molar-refractivity contribution in [3.63, 3.8) is 0 Å². The maximum Gasteiger partial charge on any atom is 0.256 e. The number of carbonyl (C=O) groups excluding carboxylic acids is 2. The van der Waals surface area contributed by atoms with E-state index in [0.29, 0.717) is 25.0 Å². The second-order valence-electron chi connectivity index (χ2n) is 6.35. The molecule has 0 bridgehead atoms. The first-order valence-electron chi connectivity index (χ1n) is 8.00. The Labute approximate surface area is 142 Å². The molecule has 7 heteroatoms. The molecule has 1 fully saturated rings. The van der Waals surface area contributed by atoms with Crippen molar-refractivity contribution in [1.29, 1.82) is 0 Å². The van der Waals surface area contributed by atoms with Crippen LogP contribution in [0.1, 0.15) is 44.9 Å². The third-order valence-electron chi connectivity index (χ3n) is 4.69. The highest BCUT2D eigenvalue weighted by Gasteiger charge is 2.46. The van der Waals surface area contributed by atoms with Crippen molar-refractivity contribution in [1.82, 2.24) is 5.32 Å². The highest BCUT2D eigenvalue weighted by atomic mass is 19.1. The summed E-state index contributed by atoms with van der Waals surface area (Å²) in [6, 6.07) is 3.52. The van der Waals surface area contributed by atoms with Gasteiger partial charge in [0.25, 0.3) is 5.91 Å². The van der Waals surface area contributed by atoms with Gasteiger partial charge in [-0.25, -0.2) is 8.78 Å². The number of halogens is 2. The molecule has 130 valence electrons. The van der Waals surface area contributed by atoms with Crippen LogP contribution in [0.3, 0.4) is 0 Å². The van der Waals surface area contributed by atoms with E-state index in [1.807, 2.05) is 0 Å². The van der Waals surface area contributed by atoms with Gasteiger partial charge < -0.3 is 14.5 Å². The van der Waals surface area contributed by atoms with Crippen molar-refractivity contribution in [3.05, 3.63) is 58.5 Å². The van der Waals surface area contributed by atoms with E-state index in [1.54, 1.807) is 0 Å². The Morgan fingerprint density at radius 1 is 1.16 bits per heavy atom. The minimum atomic E-state index is -1.30. The van der Waals surface area contributed by atoms with Crippen LogP contribution >= 0.6 is 0 Å². The van der Waals surface area contributed by atoms with Gasteiger partial charge in [-0.05, 0) is 18.6 Å². The molecule has 1 aromatic carbocycles. The standard InChI is InChI=1S/C18H15F2NO4/c19-11-3-1-4-12(20)16(11)18(8-24-9-18)21-17(23)10-7-25-14-6-2-5-13(22)15(10)14/h1,3-4,7H,2,5-6,8-9H2,(H,21,23). The lowest BCUT2D eigenvalue weighted by atomic mass is 9.86. The van der Waals surface area contributed by atoms with Gasteiger partial charge in [0.05, 0.1) is 29.9 Å². The summed E-state index contributed by atoms with van der Waals surface area (Å²) in [7, 11) is 0. The van der Waals surface area contributed by atoms with Gasteiger partial charge in [0.1, 0.15) is 29.2 Å². The Morgan fingerprint density at radius 2 is 1.88 bits per heavy atom. The zero-order valence-corrected chi connectivity index (χ0v) is 13.2. The van der Waals surface area contributed by atoms with Crippen molar-refractivity contribution in [2.45, 2.75) is 24.8 Å². The van der Waals surface area contributed by atoms with Crippen LogP contribution in [-0.2, 0) is 16.7 Å². The summed E-state index contributed by atoms with van der Waals surface area (Å²) in [5.41, 5.74) is -1.16. The number of ether oxygens (including phenoxy) is 1. The second-order valence-corrected chi connectivity index (χ2v) is 6.35. The van der Waals surface area contributed by atoms with Crippen molar-refractivity contribution < 1.29 is 27.5 Å². The molecule has 1 amide bonds. The first-order valence-corrected chi connectivity index (χ1v) is 8.00. The smallest absolute Gasteiger partial charge is 0.256 e. The molecule has 2 heterocycles. The highest BCUT2D eigenvalue weighted by Crippen LogP contribution is 2.34. The van der Waals surface area contributed by atoms with E-state index in [-0.39, 0.29) is 35.7 Å². The van der Waals surface area contributed by atoms with Crippen LogP contribution in [0.25, 0.3) is 0 Å². The van der Waals surface area contributed by atoms with Gasteiger partial charge in [0.2, 0.25) is 0 Å². The maximum absolute atomic E-state index is 14.2. The predicted molar refractivity (Wildman–Crippen MR) is 82.3 cm³/mol. The molecule has 0 saturated carbocycles. The lowest BCUT2D eigenvalue weighted by molar-refractivity contribution is -0.0765. The normalized spacial score (nSPS) is 18.4. The number of furan rings is 1. The second kappa shape index (κ2) is 5.77. The van der Waals surface area contributed by atoms with E-state index >= 15 is 0 Å². The van der Waals surface area contributed by atoms with Crippen LogP contribution in [-0.4, -0.2) is 24.9 Å². The molecule has 5 nitrogen and oxygen atoms in total. The van der Waals surface area contributed by atoms with E-state index in [1.165, 1.54) is 12.3 Å². The van der Waals surface area contributed by atoms with Crippen molar-refractivity contribution in [2.24, 2.45) is 0 Å². The Hall–Kier alpha value is -2.54. The molecule has 2 aliphatic rings. The molecule has 0 radical (unpaired) electrons. The van der Waals surface area contributed by atoms with Crippen LogP contribution in [0.15, 0.2) is 28.9 Å². The van der Waals surface area contributed by atoms with E-state index in [4.69, 9.17) is 9.15 Å². The number of benzene rings is 1. The number of fused-ring (bicyclic) bond motifs is 1. The number of rotatable bonds is 3. The lowest BCUT2D eigenvalue weighted by Crippen LogP contribution is -2.60. The Balaban J connectivity index is 1.68. The fourth-order valence-electron chi connectivity index (χ4n) is 3.41. The van der Waals surface area contributed by atoms with Crippen LogP contribution < -0.4 is 5.32 Å². The van der Waals surface area contributed by atoms with Gasteiger partial charge in [0.15, 0.2) is 5.78 Å². The maximum atomic E-state index is 14.2. The first kappa shape index (κ1) is 16.0. The number of hydrogen-bond acceptors (Lipinski definition) is 4. The van der Waals surface area contributed by atoms with Crippen LogP contribution in [0.2, 0.25) is 0 Å². The Morgan fingerprint density at radius 3 is 2.52 bits per heavy atom. The predicted octanol–water partition coefficient (Wildman–Crippen LogP) is 2.73. The molecule has 25 heavy (non-hydrogen) atoms. The zero-order chi connectivity index (χ0) is 17.6. The molecule has 0 unspecified atom stereocenters. The largest absolute Gasteiger partial charge is 0.468 e. The van der Waals surface area contributed by atoms with Crippen molar-refractivity contribution in [2.75, 3.05) is 13.2 Å². The molecule has 1 N–H and O–H groups in total. The number of carbonyl (C=O) groups is 2. The third-order valence-corrected chi connectivity index (χ3v) is 4.69. The molecule has 2 aromatic rings. The molecular weight excluding hydrogens is 332 g/mol. The average Bonchev–Trinajstić information content (AvgIpc) is 2.97. The van der Waals surface area contributed by atoms with E-state index < -0.39 is 23.1 Å². The van der Waals surface area contributed by atoms with Crippen LogP contribution in [0, 0.1) is 11.6 Å². The summed E-state index contributed by atoms with van der Waals surface area (Å²) in [6.45, 7) is -0.102. The van der Waals surface area contributed by atoms with Gasteiger partial charge in [-0.3, -0.25) is 9.59 Å². The third kappa shape index (κ3) is 2.46. The number of hydrogen-bond donors (Lipinski definition) is 1. The number of amides is 1. The number of nitrogens with one attached hydrogen (secondary N) is 1. The molecule has 1 aromatic heterocycles. The zero-order valence-electron chi connectivity index (χ0n) is 13.2.